The third kappa shape index (κ3) is 4.71. The van der Waals surface area contributed by atoms with Gasteiger partial charge >= 0.3 is 18.1 Å². The molecule has 0 unspecified atom stereocenters. The molecular formula is C18H22O7. The predicted octanol–water partition coefficient (Wildman–Crippen LogP) is 3.25. The molecule has 0 aliphatic heterocycles. The molecule has 1 N–H and O–H groups in total. The van der Waals surface area contributed by atoms with E-state index in [2.05, 4.69) is 4.74 Å². The zero-order valence-corrected chi connectivity index (χ0v) is 14.5. The Balaban J connectivity index is 2.02. The second-order valence-corrected chi connectivity index (χ2v) is 6.25. The van der Waals surface area contributed by atoms with Crippen LogP contribution in [-0.4, -0.2) is 30.3 Å². The zero-order chi connectivity index (χ0) is 18.6. The highest BCUT2D eigenvalue weighted by atomic mass is 16.7. The van der Waals surface area contributed by atoms with Crippen LogP contribution in [-0.2, 0) is 14.3 Å². The number of ether oxygens (including phenoxy) is 3. The van der Waals surface area contributed by atoms with Crippen LogP contribution in [0.1, 0.15) is 36.8 Å². The summed E-state index contributed by atoms with van der Waals surface area (Å²) >= 11 is 0. The summed E-state index contributed by atoms with van der Waals surface area (Å²) in [5.41, 5.74) is 1.28. The van der Waals surface area contributed by atoms with Gasteiger partial charge in [-0.15, -0.1) is 0 Å². The number of hydrogen-bond donors (Lipinski definition) is 1. The smallest absolute Gasteiger partial charge is 0.481 e. The topological polar surface area (TPSA) is 99.1 Å². The molecule has 1 aromatic rings. The van der Waals surface area contributed by atoms with Crippen molar-refractivity contribution in [1.82, 2.24) is 0 Å². The van der Waals surface area contributed by atoms with Crippen LogP contribution >= 0.6 is 0 Å². The Morgan fingerprint density at radius 1 is 0.960 bits per heavy atom. The summed E-state index contributed by atoms with van der Waals surface area (Å²) in [6.45, 7) is 3.47. The number of aliphatic carboxylic acids is 1. The molecule has 136 valence electrons. The molecule has 25 heavy (non-hydrogen) atoms. The molecule has 1 aliphatic rings. The highest BCUT2D eigenvalue weighted by molar-refractivity contribution is 5.76. The third-order valence-corrected chi connectivity index (χ3v) is 4.41. The van der Waals surface area contributed by atoms with Crippen LogP contribution in [0.2, 0.25) is 0 Å². The molecule has 0 amide bonds. The number of carboxylic acid groups (broad SMARTS) is 1. The van der Waals surface area contributed by atoms with Crippen molar-refractivity contribution in [3.05, 3.63) is 23.3 Å². The van der Waals surface area contributed by atoms with Crippen LogP contribution in [0.3, 0.4) is 0 Å². The summed E-state index contributed by atoms with van der Waals surface area (Å²) in [6.07, 6.45) is 1.18. The minimum absolute atomic E-state index is 0.290. The van der Waals surface area contributed by atoms with Crippen molar-refractivity contribution in [2.75, 3.05) is 7.11 Å². The maximum atomic E-state index is 12.3. The Kier molecular flexibility index (Phi) is 6.01. The van der Waals surface area contributed by atoms with Gasteiger partial charge in [0.05, 0.1) is 18.9 Å². The first-order chi connectivity index (χ1) is 11.8. The Morgan fingerprint density at radius 2 is 1.48 bits per heavy atom. The van der Waals surface area contributed by atoms with Gasteiger partial charge in [0.2, 0.25) is 0 Å². The molecule has 7 heteroatoms. The number of carboxylic acids is 1. The average molecular weight is 350 g/mol. The van der Waals surface area contributed by atoms with Gasteiger partial charge in [-0.25, -0.2) is 4.79 Å². The first kappa shape index (κ1) is 18.8. The number of carbonyl (C=O) groups excluding carboxylic acids is 2. The van der Waals surface area contributed by atoms with Gasteiger partial charge in [-0.05, 0) is 62.8 Å². The van der Waals surface area contributed by atoms with E-state index in [1.54, 1.807) is 26.0 Å². The van der Waals surface area contributed by atoms with Crippen molar-refractivity contribution in [2.45, 2.75) is 39.5 Å². The maximum absolute atomic E-state index is 12.3. The summed E-state index contributed by atoms with van der Waals surface area (Å²) < 4.78 is 15.0. The molecule has 0 saturated heterocycles. The van der Waals surface area contributed by atoms with Crippen molar-refractivity contribution in [3.8, 4) is 11.5 Å². The first-order valence-corrected chi connectivity index (χ1v) is 8.13. The molecule has 0 atom stereocenters. The van der Waals surface area contributed by atoms with Gasteiger partial charge in [0, 0.05) is 0 Å². The van der Waals surface area contributed by atoms with Crippen LogP contribution in [0.4, 0.5) is 4.79 Å². The third-order valence-electron chi connectivity index (χ3n) is 4.41. The molecule has 0 heterocycles. The van der Waals surface area contributed by atoms with Crippen molar-refractivity contribution >= 4 is 18.1 Å². The minimum atomic E-state index is -0.814. The van der Waals surface area contributed by atoms with Crippen molar-refractivity contribution in [2.24, 2.45) is 11.8 Å². The fourth-order valence-corrected chi connectivity index (χ4v) is 3.03. The molecule has 0 aromatic heterocycles. The number of methoxy groups -OCH3 is 1. The van der Waals surface area contributed by atoms with Gasteiger partial charge in [-0.1, -0.05) is 0 Å². The summed E-state index contributed by atoms with van der Waals surface area (Å²) in [5.74, 6) is -1.08. The molecular weight excluding hydrogens is 328 g/mol. The standard InChI is InChI=1S/C18H22O7/c1-10-8-14(9-11(2)15(10)25-18(22)23-3)24-17(21)13-6-4-12(5-7-13)16(19)20/h8-9,12-13H,4-7H2,1-3H3,(H,19,20). The second kappa shape index (κ2) is 8.00. The Hall–Kier alpha value is -2.57. The zero-order valence-electron chi connectivity index (χ0n) is 14.5. The normalized spacial score (nSPS) is 19.8. The summed E-state index contributed by atoms with van der Waals surface area (Å²) in [4.78, 5) is 34.5. The van der Waals surface area contributed by atoms with Crippen molar-refractivity contribution in [1.29, 1.82) is 0 Å². The van der Waals surface area contributed by atoms with Gasteiger partial charge in [-0.2, -0.15) is 0 Å². The van der Waals surface area contributed by atoms with Gasteiger partial charge < -0.3 is 19.3 Å². The first-order valence-electron chi connectivity index (χ1n) is 8.13. The Labute approximate surface area is 145 Å². The average Bonchev–Trinajstić information content (AvgIpc) is 2.57. The van der Waals surface area contributed by atoms with Gasteiger partial charge in [-0.3, -0.25) is 9.59 Å². The molecule has 0 bridgehead atoms. The largest absolute Gasteiger partial charge is 0.513 e. The lowest BCUT2D eigenvalue weighted by atomic mass is 9.82. The number of rotatable bonds is 4. The lowest BCUT2D eigenvalue weighted by Crippen LogP contribution is -2.28. The van der Waals surface area contributed by atoms with E-state index in [1.165, 1.54) is 7.11 Å². The fourth-order valence-electron chi connectivity index (χ4n) is 3.03. The van der Waals surface area contributed by atoms with E-state index in [0.717, 1.165) is 0 Å². The molecule has 1 aliphatic carbocycles. The Bertz CT molecular complexity index is 649. The summed E-state index contributed by atoms with van der Waals surface area (Å²) in [5, 5.41) is 9.00. The quantitative estimate of drug-likeness (QED) is 0.505. The van der Waals surface area contributed by atoms with Gasteiger partial charge in [0.15, 0.2) is 0 Å². The predicted molar refractivity (Wildman–Crippen MR) is 87.7 cm³/mol. The van der Waals surface area contributed by atoms with Crippen LogP contribution in [0.5, 0.6) is 11.5 Å². The lowest BCUT2D eigenvalue weighted by Gasteiger charge is -2.24. The monoisotopic (exact) mass is 350 g/mol. The molecule has 1 saturated carbocycles. The second-order valence-electron chi connectivity index (χ2n) is 6.25. The van der Waals surface area contributed by atoms with Crippen LogP contribution < -0.4 is 9.47 Å². The minimum Gasteiger partial charge on any atom is -0.481 e. The molecule has 1 fully saturated rings. The van der Waals surface area contributed by atoms with Crippen LogP contribution in [0.15, 0.2) is 12.1 Å². The molecule has 0 spiro atoms. The van der Waals surface area contributed by atoms with E-state index in [9.17, 15) is 14.4 Å². The van der Waals surface area contributed by atoms with Crippen molar-refractivity contribution < 1.29 is 33.7 Å². The summed E-state index contributed by atoms with van der Waals surface area (Å²) in [6, 6.07) is 3.23. The molecule has 1 aromatic carbocycles. The van der Waals surface area contributed by atoms with E-state index in [4.69, 9.17) is 14.6 Å². The van der Waals surface area contributed by atoms with Crippen LogP contribution in [0, 0.1) is 25.7 Å². The Morgan fingerprint density at radius 3 is 1.96 bits per heavy atom. The van der Waals surface area contributed by atoms with E-state index >= 15 is 0 Å². The highest BCUT2D eigenvalue weighted by Crippen LogP contribution is 2.32. The SMILES string of the molecule is COC(=O)Oc1c(C)cc(OC(=O)C2CCC(C(=O)O)CC2)cc1C. The lowest BCUT2D eigenvalue weighted by molar-refractivity contribution is -0.146. The molecule has 7 nitrogen and oxygen atoms in total. The number of aryl methyl sites for hydroxylation is 2. The van der Waals surface area contributed by atoms with E-state index < -0.39 is 12.1 Å². The summed E-state index contributed by atoms with van der Waals surface area (Å²) in [7, 11) is 1.22. The number of hydrogen-bond acceptors (Lipinski definition) is 6. The molecule has 0 radical (unpaired) electrons. The number of esters is 1. The van der Waals surface area contributed by atoms with E-state index in [0.29, 0.717) is 48.3 Å². The number of carbonyl (C=O) groups is 3. The number of benzene rings is 1. The van der Waals surface area contributed by atoms with E-state index in [-0.39, 0.29) is 17.8 Å². The maximum Gasteiger partial charge on any atom is 0.513 e. The van der Waals surface area contributed by atoms with Gasteiger partial charge in [0.1, 0.15) is 11.5 Å². The van der Waals surface area contributed by atoms with Gasteiger partial charge in [0.25, 0.3) is 0 Å². The van der Waals surface area contributed by atoms with Crippen LogP contribution in [0.25, 0.3) is 0 Å². The fraction of sp³-hybridized carbons (Fsp3) is 0.500. The van der Waals surface area contributed by atoms with Crippen molar-refractivity contribution in [3.63, 3.8) is 0 Å². The van der Waals surface area contributed by atoms with E-state index in [1.807, 2.05) is 0 Å². The highest BCUT2D eigenvalue weighted by Gasteiger charge is 2.31. The molecule has 2 rings (SSSR count).